The number of benzene rings is 3. The van der Waals surface area contributed by atoms with Crippen molar-refractivity contribution in [1.82, 2.24) is 9.97 Å². The van der Waals surface area contributed by atoms with E-state index in [-0.39, 0.29) is 5.92 Å². The highest BCUT2D eigenvalue weighted by Crippen LogP contribution is 2.44. The van der Waals surface area contributed by atoms with Gasteiger partial charge in [-0.05, 0) is 35.4 Å². The summed E-state index contributed by atoms with van der Waals surface area (Å²) in [6.07, 6.45) is 4.13. The molecule has 2 nitrogen and oxygen atoms in total. The van der Waals surface area contributed by atoms with E-state index in [1.807, 2.05) is 30.3 Å². The Morgan fingerprint density at radius 1 is 0.593 bits per heavy atom. The molecular formula is C23H16Cl2N2. The van der Waals surface area contributed by atoms with Gasteiger partial charge in [0.1, 0.15) is 0 Å². The van der Waals surface area contributed by atoms with Crippen molar-refractivity contribution in [2.24, 2.45) is 0 Å². The van der Waals surface area contributed by atoms with Gasteiger partial charge in [0.2, 0.25) is 0 Å². The maximum Gasteiger partial charge on any atom is 0.0462 e. The molecule has 0 amide bonds. The molecule has 0 aliphatic heterocycles. The molecule has 2 aromatic heterocycles. The van der Waals surface area contributed by atoms with Crippen LogP contribution in [0, 0.1) is 0 Å². The number of hydrogen-bond acceptors (Lipinski definition) is 0. The summed E-state index contributed by atoms with van der Waals surface area (Å²) in [6, 6.07) is 22.3. The van der Waals surface area contributed by atoms with Gasteiger partial charge in [-0.15, -0.1) is 0 Å². The van der Waals surface area contributed by atoms with Crippen molar-refractivity contribution in [1.29, 1.82) is 0 Å². The van der Waals surface area contributed by atoms with Gasteiger partial charge in [-0.3, -0.25) is 0 Å². The van der Waals surface area contributed by atoms with Gasteiger partial charge in [0, 0.05) is 55.7 Å². The van der Waals surface area contributed by atoms with Crippen LogP contribution in [0.4, 0.5) is 0 Å². The Morgan fingerprint density at radius 2 is 1.07 bits per heavy atom. The van der Waals surface area contributed by atoms with E-state index in [0.29, 0.717) is 10.0 Å². The van der Waals surface area contributed by atoms with Gasteiger partial charge in [0.15, 0.2) is 0 Å². The maximum atomic E-state index is 6.66. The van der Waals surface area contributed by atoms with Gasteiger partial charge in [0.25, 0.3) is 0 Å². The predicted octanol–water partition coefficient (Wildman–Crippen LogP) is 7.14. The highest BCUT2D eigenvalue weighted by atomic mass is 35.5. The molecule has 0 unspecified atom stereocenters. The Balaban J connectivity index is 1.86. The van der Waals surface area contributed by atoms with Crippen molar-refractivity contribution >= 4 is 45.0 Å². The standard InChI is InChI=1S/C23H16Cl2N2/c24-18-8-5-9-19(25)23(18)22(16-12-26-20-10-3-1-6-14(16)20)17-13-27-21-11-4-2-7-15(17)21/h1-13,22,26-27H. The van der Waals surface area contributed by atoms with Crippen molar-refractivity contribution in [3.63, 3.8) is 0 Å². The first-order valence-corrected chi connectivity index (χ1v) is 9.55. The second-order valence-corrected chi connectivity index (χ2v) is 7.46. The molecular weight excluding hydrogens is 375 g/mol. The van der Waals surface area contributed by atoms with E-state index >= 15 is 0 Å². The normalized spacial score (nSPS) is 11.7. The average Bonchev–Trinajstić information content (AvgIpc) is 3.30. The van der Waals surface area contributed by atoms with Crippen LogP contribution in [0.1, 0.15) is 22.6 Å². The summed E-state index contributed by atoms with van der Waals surface area (Å²) in [4.78, 5) is 6.78. The summed E-state index contributed by atoms with van der Waals surface area (Å²) in [5.41, 5.74) is 5.44. The first-order valence-electron chi connectivity index (χ1n) is 8.80. The van der Waals surface area contributed by atoms with Gasteiger partial charge >= 0.3 is 0 Å². The van der Waals surface area contributed by atoms with Crippen molar-refractivity contribution in [2.75, 3.05) is 0 Å². The van der Waals surface area contributed by atoms with Crippen LogP contribution in [-0.4, -0.2) is 9.97 Å². The van der Waals surface area contributed by atoms with Gasteiger partial charge in [-0.1, -0.05) is 65.7 Å². The zero-order valence-corrected chi connectivity index (χ0v) is 15.9. The molecule has 0 atom stereocenters. The molecule has 27 heavy (non-hydrogen) atoms. The molecule has 0 saturated carbocycles. The lowest BCUT2D eigenvalue weighted by Gasteiger charge is -2.20. The summed E-state index contributed by atoms with van der Waals surface area (Å²) >= 11 is 13.3. The third kappa shape index (κ3) is 2.64. The topological polar surface area (TPSA) is 31.6 Å². The van der Waals surface area contributed by atoms with Crippen LogP contribution in [0.5, 0.6) is 0 Å². The fourth-order valence-electron chi connectivity index (χ4n) is 3.93. The lowest BCUT2D eigenvalue weighted by Crippen LogP contribution is -2.04. The second kappa shape index (κ2) is 6.49. The van der Waals surface area contributed by atoms with Crippen LogP contribution >= 0.6 is 23.2 Å². The second-order valence-electron chi connectivity index (χ2n) is 6.65. The molecule has 132 valence electrons. The van der Waals surface area contributed by atoms with E-state index < -0.39 is 0 Å². The van der Waals surface area contributed by atoms with Crippen molar-refractivity contribution in [3.05, 3.63) is 106 Å². The molecule has 5 aromatic rings. The lowest BCUT2D eigenvalue weighted by atomic mass is 9.84. The van der Waals surface area contributed by atoms with E-state index in [2.05, 4.69) is 58.8 Å². The van der Waals surface area contributed by atoms with E-state index in [1.165, 1.54) is 10.8 Å². The molecule has 2 N–H and O–H groups in total. The molecule has 3 aromatic carbocycles. The number of hydrogen-bond donors (Lipinski definition) is 2. The summed E-state index contributed by atoms with van der Waals surface area (Å²) in [5.74, 6) is -0.0847. The van der Waals surface area contributed by atoms with Gasteiger partial charge in [0.05, 0.1) is 0 Å². The van der Waals surface area contributed by atoms with Crippen molar-refractivity contribution in [3.8, 4) is 0 Å². The number of H-pyrrole nitrogens is 2. The fourth-order valence-corrected chi connectivity index (χ4v) is 4.55. The van der Waals surface area contributed by atoms with Crippen LogP contribution in [0.15, 0.2) is 79.1 Å². The van der Waals surface area contributed by atoms with Gasteiger partial charge in [-0.2, -0.15) is 0 Å². The molecule has 0 spiro atoms. The Hall–Kier alpha value is -2.68. The molecule has 0 bridgehead atoms. The third-order valence-corrected chi connectivity index (χ3v) is 5.81. The molecule has 0 aliphatic carbocycles. The summed E-state index contributed by atoms with van der Waals surface area (Å²) in [5, 5.41) is 3.68. The van der Waals surface area contributed by atoms with Crippen LogP contribution < -0.4 is 0 Å². The quantitative estimate of drug-likeness (QED) is 0.328. The van der Waals surface area contributed by atoms with Crippen molar-refractivity contribution < 1.29 is 0 Å². The fraction of sp³-hybridized carbons (Fsp3) is 0.0435. The monoisotopic (exact) mass is 390 g/mol. The summed E-state index contributed by atoms with van der Waals surface area (Å²) in [6.45, 7) is 0. The minimum atomic E-state index is -0.0847. The number of aromatic amines is 2. The highest BCUT2D eigenvalue weighted by Gasteiger charge is 2.26. The van der Waals surface area contributed by atoms with E-state index in [0.717, 1.165) is 27.7 Å². The van der Waals surface area contributed by atoms with Crippen LogP contribution in [0.2, 0.25) is 10.0 Å². The van der Waals surface area contributed by atoms with E-state index in [4.69, 9.17) is 23.2 Å². The minimum absolute atomic E-state index is 0.0847. The van der Waals surface area contributed by atoms with E-state index in [1.54, 1.807) is 0 Å². The van der Waals surface area contributed by atoms with Crippen LogP contribution in [-0.2, 0) is 0 Å². The van der Waals surface area contributed by atoms with Crippen LogP contribution in [0.3, 0.4) is 0 Å². The highest BCUT2D eigenvalue weighted by molar-refractivity contribution is 6.36. The first-order chi connectivity index (χ1) is 13.2. The molecule has 0 radical (unpaired) electrons. The van der Waals surface area contributed by atoms with Crippen LogP contribution in [0.25, 0.3) is 21.8 Å². The number of halogens is 2. The summed E-state index contributed by atoms with van der Waals surface area (Å²) < 4.78 is 0. The smallest absolute Gasteiger partial charge is 0.0462 e. The zero-order chi connectivity index (χ0) is 18.4. The average molecular weight is 391 g/mol. The Morgan fingerprint density at radius 3 is 1.59 bits per heavy atom. The van der Waals surface area contributed by atoms with Gasteiger partial charge < -0.3 is 9.97 Å². The molecule has 0 saturated heterocycles. The number of fused-ring (bicyclic) bond motifs is 2. The number of rotatable bonds is 3. The van der Waals surface area contributed by atoms with E-state index in [9.17, 15) is 0 Å². The Labute approximate surface area is 166 Å². The van der Waals surface area contributed by atoms with Gasteiger partial charge in [-0.25, -0.2) is 0 Å². The number of nitrogens with one attached hydrogen (secondary N) is 2. The van der Waals surface area contributed by atoms with Crippen molar-refractivity contribution in [2.45, 2.75) is 5.92 Å². The maximum absolute atomic E-state index is 6.66. The molecule has 4 heteroatoms. The zero-order valence-electron chi connectivity index (χ0n) is 14.3. The Kier molecular flexibility index (Phi) is 3.96. The molecule has 0 aliphatic rings. The summed E-state index contributed by atoms with van der Waals surface area (Å²) in [7, 11) is 0. The minimum Gasteiger partial charge on any atom is -0.361 e. The SMILES string of the molecule is Clc1cccc(Cl)c1C(c1c[nH]c2ccccc12)c1c[nH]c2ccccc12. The third-order valence-electron chi connectivity index (χ3n) is 5.15. The number of aromatic nitrogens is 2. The molecule has 5 rings (SSSR count). The predicted molar refractivity (Wildman–Crippen MR) is 114 cm³/mol. The first kappa shape index (κ1) is 16.5. The molecule has 2 heterocycles. The largest absolute Gasteiger partial charge is 0.361 e. The Bertz CT molecular complexity index is 1170. The lowest BCUT2D eigenvalue weighted by molar-refractivity contribution is 0.998. The number of para-hydroxylation sites is 2. The molecule has 0 fully saturated rings.